The number of hydrogen-bond donors (Lipinski definition) is 0. The van der Waals surface area contributed by atoms with Crippen LogP contribution >= 0.6 is 12.3 Å². The van der Waals surface area contributed by atoms with Crippen LogP contribution in [0.5, 0.6) is 17.5 Å². The van der Waals surface area contributed by atoms with Crippen molar-refractivity contribution in [2.24, 2.45) is 0 Å². The van der Waals surface area contributed by atoms with Crippen molar-refractivity contribution in [3.8, 4) is 29.1 Å². The van der Waals surface area contributed by atoms with Crippen LogP contribution in [0.15, 0.2) is 58.2 Å². The van der Waals surface area contributed by atoms with Gasteiger partial charge in [0.25, 0.3) is 0 Å². The second-order valence-corrected chi connectivity index (χ2v) is 8.68. The largest absolute Gasteiger partial charge is 0.435 e. The number of pyridine rings is 1. The zero-order valence-corrected chi connectivity index (χ0v) is 18.0. The van der Waals surface area contributed by atoms with Crippen molar-refractivity contribution in [1.82, 2.24) is 19.9 Å². The summed E-state index contributed by atoms with van der Waals surface area (Å²) in [7, 11) is -3.38. The van der Waals surface area contributed by atoms with E-state index in [4.69, 9.17) is 17.5 Å². The van der Waals surface area contributed by atoms with Gasteiger partial charge in [-0.25, -0.2) is 28.4 Å². The number of sulfone groups is 1. The average Bonchev–Trinajstić information content (AvgIpc) is 3.17. The standard InChI is InChI=1S/C19H16N4O6S2/c1-3-26-30-29-16-9-12(27-19-20-7-4-8-21-19)11-22-17(16)18-23-14-10-13(31(2,24)25)5-6-15(14)28-18/h4-11H,3H2,1-2H3. The van der Waals surface area contributed by atoms with Crippen molar-refractivity contribution < 1.29 is 25.9 Å². The third-order valence-electron chi connectivity index (χ3n) is 3.86. The van der Waals surface area contributed by atoms with E-state index in [2.05, 4.69) is 19.9 Å². The van der Waals surface area contributed by atoms with E-state index in [-0.39, 0.29) is 28.2 Å². The van der Waals surface area contributed by atoms with E-state index in [1.54, 1.807) is 30.6 Å². The van der Waals surface area contributed by atoms with Gasteiger partial charge >= 0.3 is 6.01 Å². The fourth-order valence-electron chi connectivity index (χ4n) is 2.50. The second kappa shape index (κ2) is 8.88. The van der Waals surface area contributed by atoms with Gasteiger partial charge in [-0.3, -0.25) is 4.18 Å². The lowest BCUT2D eigenvalue weighted by Crippen LogP contribution is -1.96. The van der Waals surface area contributed by atoms with E-state index < -0.39 is 9.84 Å². The lowest BCUT2D eigenvalue weighted by Gasteiger charge is -2.08. The topological polar surface area (TPSA) is 127 Å². The zero-order chi connectivity index (χ0) is 21.8. The van der Waals surface area contributed by atoms with Crippen LogP contribution in [0.25, 0.3) is 22.7 Å². The SMILES string of the molecule is CCOSOc1cc(Oc2ncccn2)cnc1-c1nc2cc(S(C)(=O)=O)ccc2o1. The molecule has 0 aliphatic heterocycles. The van der Waals surface area contributed by atoms with Crippen LogP contribution in [0, 0.1) is 0 Å². The van der Waals surface area contributed by atoms with Gasteiger partial charge < -0.3 is 13.3 Å². The molecule has 0 atom stereocenters. The van der Waals surface area contributed by atoms with Gasteiger partial charge in [-0.05, 0) is 31.2 Å². The van der Waals surface area contributed by atoms with Gasteiger partial charge in [0.2, 0.25) is 18.2 Å². The molecule has 0 radical (unpaired) electrons. The predicted octanol–water partition coefficient (Wildman–Crippen LogP) is 3.85. The average molecular weight is 460 g/mol. The first-order chi connectivity index (χ1) is 14.9. The van der Waals surface area contributed by atoms with Crippen LogP contribution < -0.4 is 8.92 Å². The molecule has 0 amide bonds. The van der Waals surface area contributed by atoms with Crippen molar-refractivity contribution in [2.45, 2.75) is 11.8 Å². The minimum absolute atomic E-state index is 0.141. The highest BCUT2D eigenvalue weighted by molar-refractivity contribution is 7.90. The van der Waals surface area contributed by atoms with E-state index in [1.807, 2.05) is 6.92 Å². The van der Waals surface area contributed by atoms with Gasteiger partial charge in [0.15, 0.2) is 32.6 Å². The summed E-state index contributed by atoms with van der Waals surface area (Å²) < 4.78 is 45.8. The Balaban J connectivity index is 1.71. The fraction of sp³-hybridized carbons (Fsp3) is 0.158. The first kappa shape index (κ1) is 21.0. The lowest BCUT2D eigenvalue weighted by molar-refractivity contribution is 0.368. The molecule has 0 N–H and O–H groups in total. The molecule has 160 valence electrons. The Kier molecular flexibility index (Phi) is 6.02. The van der Waals surface area contributed by atoms with Crippen molar-refractivity contribution in [1.29, 1.82) is 0 Å². The van der Waals surface area contributed by atoms with Gasteiger partial charge in [0.1, 0.15) is 5.52 Å². The van der Waals surface area contributed by atoms with Crippen LogP contribution in [0.2, 0.25) is 0 Å². The molecule has 0 aliphatic rings. The van der Waals surface area contributed by atoms with Gasteiger partial charge in [-0.2, -0.15) is 0 Å². The summed E-state index contributed by atoms with van der Waals surface area (Å²) >= 11 is 0.767. The molecule has 0 aliphatic carbocycles. The smallest absolute Gasteiger partial charge is 0.321 e. The molecular formula is C19H16N4O6S2. The van der Waals surface area contributed by atoms with E-state index in [0.29, 0.717) is 23.5 Å². The highest BCUT2D eigenvalue weighted by Crippen LogP contribution is 2.35. The Morgan fingerprint density at radius 1 is 1.13 bits per heavy atom. The Hall–Kier alpha value is -3.22. The molecule has 0 unspecified atom stereocenters. The van der Waals surface area contributed by atoms with Crippen LogP contribution in [-0.2, 0) is 14.0 Å². The molecule has 3 heterocycles. The summed E-state index contributed by atoms with van der Waals surface area (Å²) in [5, 5.41) is 0. The maximum absolute atomic E-state index is 11.8. The summed E-state index contributed by atoms with van der Waals surface area (Å²) in [6, 6.07) is 7.83. The normalized spacial score (nSPS) is 11.5. The Bertz CT molecular complexity index is 1310. The molecular weight excluding hydrogens is 444 g/mol. The molecule has 0 fully saturated rings. The van der Waals surface area contributed by atoms with Crippen LogP contribution in [0.1, 0.15) is 6.92 Å². The molecule has 0 bridgehead atoms. The minimum atomic E-state index is -3.38. The zero-order valence-electron chi connectivity index (χ0n) is 16.4. The van der Waals surface area contributed by atoms with Crippen molar-refractivity contribution in [2.75, 3.05) is 12.9 Å². The summed E-state index contributed by atoms with van der Waals surface area (Å²) in [6.45, 7) is 2.25. The van der Waals surface area contributed by atoms with Crippen molar-refractivity contribution in [3.05, 3.63) is 48.9 Å². The molecule has 4 aromatic rings. The summed E-state index contributed by atoms with van der Waals surface area (Å²) in [4.78, 5) is 16.9. The second-order valence-electron chi connectivity index (χ2n) is 6.13. The molecule has 12 heteroatoms. The molecule has 4 rings (SSSR count). The number of nitrogens with zero attached hydrogens (tertiary/aromatic N) is 4. The molecule has 10 nitrogen and oxygen atoms in total. The van der Waals surface area contributed by atoms with Crippen molar-refractivity contribution >= 4 is 33.3 Å². The van der Waals surface area contributed by atoms with Crippen LogP contribution in [0.4, 0.5) is 0 Å². The third-order valence-corrected chi connectivity index (χ3v) is 5.55. The summed E-state index contributed by atoms with van der Waals surface area (Å²) in [5.41, 5.74) is 1.07. The highest BCUT2D eigenvalue weighted by atomic mass is 32.2. The molecule has 31 heavy (non-hydrogen) atoms. The number of hydrogen-bond acceptors (Lipinski definition) is 11. The lowest BCUT2D eigenvalue weighted by atomic mass is 10.3. The summed E-state index contributed by atoms with van der Waals surface area (Å²) in [6.07, 6.45) is 5.68. The van der Waals surface area contributed by atoms with Gasteiger partial charge in [-0.15, -0.1) is 0 Å². The predicted molar refractivity (Wildman–Crippen MR) is 112 cm³/mol. The Morgan fingerprint density at radius 2 is 1.94 bits per heavy atom. The van der Waals surface area contributed by atoms with Gasteiger partial charge in [0, 0.05) is 24.7 Å². The third kappa shape index (κ3) is 4.93. The number of fused-ring (bicyclic) bond motifs is 1. The molecule has 0 saturated heterocycles. The summed E-state index contributed by atoms with van der Waals surface area (Å²) in [5.74, 6) is 0.745. The number of rotatable bonds is 8. The van der Waals surface area contributed by atoms with E-state index in [1.165, 1.54) is 18.3 Å². The molecule has 0 saturated carbocycles. The number of aromatic nitrogens is 4. The van der Waals surface area contributed by atoms with Gasteiger partial charge in [0.05, 0.1) is 17.7 Å². The first-order valence-electron chi connectivity index (χ1n) is 8.96. The quantitative estimate of drug-likeness (QED) is 0.281. The van der Waals surface area contributed by atoms with Crippen LogP contribution in [0.3, 0.4) is 0 Å². The Labute approximate surface area is 182 Å². The molecule has 0 spiro atoms. The molecule has 3 aromatic heterocycles. The van der Waals surface area contributed by atoms with Gasteiger partial charge in [-0.1, -0.05) is 0 Å². The van der Waals surface area contributed by atoms with E-state index in [0.717, 1.165) is 18.6 Å². The maximum atomic E-state index is 11.8. The first-order valence-corrected chi connectivity index (χ1v) is 11.5. The monoisotopic (exact) mass is 460 g/mol. The number of ether oxygens (including phenoxy) is 1. The number of benzene rings is 1. The Morgan fingerprint density at radius 3 is 2.68 bits per heavy atom. The maximum Gasteiger partial charge on any atom is 0.321 e. The minimum Gasteiger partial charge on any atom is -0.435 e. The highest BCUT2D eigenvalue weighted by Gasteiger charge is 2.19. The van der Waals surface area contributed by atoms with E-state index in [9.17, 15) is 8.42 Å². The van der Waals surface area contributed by atoms with E-state index >= 15 is 0 Å². The van der Waals surface area contributed by atoms with Crippen molar-refractivity contribution in [3.63, 3.8) is 0 Å². The van der Waals surface area contributed by atoms with Crippen LogP contribution in [-0.4, -0.2) is 41.2 Å². The number of oxazole rings is 1. The fourth-order valence-corrected chi connectivity index (χ4v) is 3.48. The molecule has 1 aromatic carbocycles.